The summed E-state index contributed by atoms with van der Waals surface area (Å²) in [4.78, 5) is 33.4. The van der Waals surface area contributed by atoms with E-state index >= 15 is 0 Å². The average Bonchev–Trinajstić information content (AvgIpc) is 3.12. The number of hydrogen-bond acceptors (Lipinski definition) is 6. The highest BCUT2D eigenvalue weighted by atomic mass is 16.5. The SMILES string of the molecule is COc1cc2c(cc1NC(=O)Cn1cnc3ncccc3c1=O)oc1ccccc12. The van der Waals surface area contributed by atoms with Crippen LogP contribution in [0.4, 0.5) is 5.69 Å². The molecule has 0 spiro atoms. The molecule has 0 saturated heterocycles. The largest absolute Gasteiger partial charge is 0.495 e. The van der Waals surface area contributed by atoms with Gasteiger partial charge < -0.3 is 14.5 Å². The lowest BCUT2D eigenvalue weighted by atomic mass is 10.1. The Morgan fingerprint density at radius 3 is 2.77 bits per heavy atom. The van der Waals surface area contributed by atoms with Gasteiger partial charge in [-0.2, -0.15) is 0 Å². The van der Waals surface area contributed by atoms with Crippen LogP contribution >= 0.6 is 0 Å². The first kappa shape index (κ1) is 17.9. The second kappa shape index (κ2) is 7.00. The van der Waals surface area contributed by atoms with Crippen LogP contribution in [0.2, 0.25) is 0 Å². The first-order valence-electron chi connectivity index (χ1n) is 9.23. The number of methoxy groups -OCH3 is 1. The summed E-state index contributed by atoms with van der Waals surface area (Å²) in [5.41, 5.74) is 1.85. The Morgan fingerprint density at radius 1 is 1.07 bits per heavy atom. The molecule has 5 aromatic rings. The maximum Gasteiger partial charge on any atom is 0.263 e. The zero-order chi connectivity index (χ0) is 20.7. The number of carbonyl (C=O) groups excluding carboxylic acids is 1. The summed E-state index contributed by atoms with van der Waals surface area (Å²) < 4.78 is 12.6. The molecule has 0 aliphatic carbocycles. The van der Waals surface area contributed by atoms with Gasteiger partial charge >= 0.3 is 0 Å². The van der Waals surface area contributed by atoms with Crippen molar-refractivity contribution >= 4 is 44.6 Å². The van der Waals surface area contributed by atoms with Gasteiger partial charge in [-0.05, 0) is 24.3 Å². The normalized spacial score (nSPS) is 11.2. The summed E-state index contributed by atoms with van der Waals surface area (Å²) in [7, 11) is 1.53. The summed E-state index contributed by atoms with van der Waals surface area (Å²) in [5, 5.41) is 5.01. The molecule has 1 N–H and O–H groups in total. The number of aromatic nitrogens is 3. The van der Waals surface area contributed by atoms with Crippen LogP contribution in [0.25, 0.3) is 33.0 Å². The first-order valence-corrected chi connectivity index (χ1v) is 9.23. The van der Waals surface area contributed by atoms with Crippen molar-refractivity contribution in [2.45, 2.75) is 6.54 Å². The number of nitrogens with zero attached hydrogens (tertiary/aromatic N) is 3. The van der Waals surface area contributed by atoms with E-state index in [4.69, 9.17) is 9.15 Å². The van der Waals surface area contributed by atoms with Crippen molar-refractivity contribution in [3.8, 4) is 5.75 Å². The molecule has 148 valence electrons. The van der Waals surface area contributed by atoms with Gasteiger partial charge in [-0.25, -0.2) is 9.97 Å². The molecule has 3 aromatic heterocycles. The smallest absolute Gasteiger partial charge is 0.263 e. The molecule has 30 heavy (non-hydrogen) atoms. The van der Waals surface area contributed by atoms with Crippen LogP contribution in [-0.4, -0.2) is 27.6 Å². The second-order valence-corrected chi connectivity index (χ2v) is 6.75. The zero-order valence-electron chi connectivity index (χ0n) is 16.0. The monoisotopic (exact) mass is 400 g/mol. The highest BCUT2D eigenvalue weighted by Crippen LogP contribution is 2.36. The average molecular weight is 400 g/mol. The van der Waals surface area contributed by atoms with Gasteiger partial charge in [0, 0.05) is 23.0 Å². The van der Waals surface area contributed by atoms with Crippen LogP contribution in [-0.2, 0) is 11.3 Å². The fourth-order valence-corrected chi connectivity index (χ4v) is 3.47. The highest BCUT2D eigenvalue weighted by molar-refractivity contribution is 6.07. The molecule has 0 aliphatic heterocycles. The van der Waals surface area contributed by atoms with Gasteiger partial charge in [0.15, 0.2) is 5.65 Å². The number of hydrogen-bond donors (Lipinski definition) is 1. The van der Waals surface area contributed by atoms with E-state index in [2.05, 4.69) is 15.3 Å². The number of carbonyl (C=O) groups is 1. The topological polar surface area (TPSA) is 99.2 Å². The minimum Gasteiger partial charge on any atom is -0.495 e. The molecule has 5 rings (SSSR count). The van der Waals surface area contributed by atoms with E-state index in [1.807, 2.05) is 30.3 Å². The molecule has 8 heteroatoms. The number of anilines is 1. The molecule has 3 heterocycles. The van der Waals surface area contributed by atoms with Gasteiger partial charge in [0.25, 0.3) is 5.56 Å². The van der Waals surface area contributed by atoms with Crippen molar-refractivity contribution in [3.63, 3.8) is 0 Å². The Bertz CT molecular complexity index is 1490. The lowest BCUT2D eigenvalue weighted by molar-refractivity contribution is -0.116. The van der Waals surface area contributed by atoms with E-state index in [0.717, 1.165) is 16.4 Å². The van der Waals surface area contributed by atoms with E-state index in [-0.39, 0.29) is 12.1 Å². The third kappa shape index (κ3) is 2.95. The lowest BCUT2D eigenvalue weighted by Crippen LogP contribution is -2.28. The standard InChI is InChI=1S/C22H16N4O4/c1-29-19-9-15-13-5-2-3-7-17(13)30-18(15)10-16(19)25-20(27)11-26-12-24-21-14(22(26)28)6-4-8-23-21/h2-10,12H,11H2,1H3,(H,25,27). The number of pyridine rings is 1. The van der Waals surface area contributed by atoms with Crippen molar-refractivity contribution in [1.82, 2.24) is 14.5 Å². The van der Waals surface area contributed by atoms with E-state index in [9.17, 15) is 9.59 Å². The fourth-order valence-electron chi connectivity index (χ4n) is 3.47. The third-order valence-electron chi connectivity index (χ3n) is 4.88. The summed E-state index contributed by atoms with van der Waals surface area (Å²) in [6.45, 7) is -0.196. The fraction of sp³-hybridized carbons (Fsp3) is 0.0909. The van der Waals surface area contributed by atoms with Gasteiger partial charge in [-0.3, -0.25) is 14.2 Å². The summed E-state index contributed by atoms with van der Waals surface area (Å²) >= 11 is 0. The summed E-state index contributed by atoms with van der Waals surface area (Å²) in [6.07, 6.45) is 2.88. The Morgan fingerprint density at radius 2 is 1.90 bits per heavy atom. The predicted molar refractivity (Wildman–Crippen MR) is 113 cm³/mol. The summed E-state index contributed by atoms with van der Waals surface area (Å²) in [5.74, 6) is 0.103. The number of ether oxygens (including phenoxy) is 1. The Balaban J connectivity index is 1.47. The molecule has 1 amide bonds. The molecule has 0 fully saturated rings. The van der Waals surface area contributed by atoms with Gasteiger partial charge in [-0.1, -0.05) is 18.2 Å². The maximum atomic E-state index is 12.6. The number of fused-ring (bicyclic) bond motifs is 4. The Labute approximate surface area is 169 Å². The third-order valence-corrected chi connectivity index (χ3v) is 4.88. The molecular weight excluding hydrogens is 384 g/mol. The lowest BCUT2D eigenvalue weighted by Gasteiger charge is -2.11. The minimum absolute atomic E-state index is 0.196. The molecular formula is C22H16N4O4. The number of amides is 1. The van der Waals surface area contributed by atoms with Crippen LogP contribution in [0.3, 0.4) is 0 Å². The predicted octanol–water partition coefficient (Wildman–Crippen LogP) is 3.34. The highest BCUT2D eigenvalue weighted by Gasteiger charge is 2.15. The number of furan rings is 1. The zero-order valence-corrected chi connectivity index (χ0v) is 16.0. The van der Waals surface area contributed by atoms with Crippen molar-refractivity contribution in [3.05, 3.63) is 71.4 Å². The molecule has 0 saturated carbocycles. The van der Waals surface area contributed by atoms with Crippen molar-refractivity contribution in [2.24, 2.45) is 0 Å². The van der Waals surface area contributed by atoms with E-state index in [1.54, 1.807) is 24.4 Å². The Hall–Kier alpha value is -4.20. The van der Waals surface area contributed by atoms with Gasteiger partial charge in [0.1, 0.15) is 29.8 Å². The number of benzene rings is 2. The van der Waals surface area contributed by atoms with E-state index in [1.165, 1.54) is 18.0 Å². The molecule has 0 radical (unpaired) electrons. The van der Waals surface area contributed by atoms with Crippen molar-refractivity contribution < 1.29 is 13.9 Å². The van der Waals surface area contributed by atoms with Crippen LogP contribution in [0.15, 0.2) is 70.3 Å². The molecule has 8 nitrogen and oxygen atoms in total. The van der Waals surface area contributed by atoms with Gasteiger partial charge in [0.05, 0.1) is 18.2 Å². The molecule has 0 aliphatic rings. The molecule has 2 aromatic carbocycles. The first-order chi connectivity index (χ1) is 14.6. The van der Waals surface area contributed by atoms with E-state index in [0.29, 0.717) is 28.1 Å². The van der Waals surface area contributed by atoms with Crippen LogP contribution in [0.1, 0.15) is 0 Å². The minimum atomic E-state index is -0.393. The van der Waals surface area contributed by atoms with Crippen molar-refractivity contribution in [2.75, 3.05) is 12.4 Å². The number of nitrogens with one attached hydrogen (secondary N) is 1. The van der Waals surface area contributed by atoms with Crippen molar-refractivity contribution in [1.29, 1.82) is 0 Å². The summed E-state index contributed by atoms with van der Waals surface area (Å²) in [6, 6.07) is 14.5. The second-order valence-electron chi connectivity index (χ2n) is 6.75. The maximum absolute atomic E-state index is 12.6. The Kier molecular flexibility index (Phi) is 4.17. The van der Waals surface area contributed by atoms with Gasteiger partial charge in [-0.15, -0.1) is 0 Å². The van der Waals surface area contributed by atoms with Crippen LogP contribution in [0, 0.1) is 0 Å². The van der Waals surface area contributed by atoms with Crippen LogP contribution in [0.5, 0.6) is 5.75 Å². The number of para-hydroxylation sites is 1. The van der Waals surface area contributed by atoms with E-state index < -0.39 is 5.91 Å². The van der Waals surface area contributed by atoms with Crippen LogP contribution < -0.4 is 15.6 Å². The quantitative estimate of drug-likeness (QED) is 0.497. The number of rotatable bonds is 4. The molecule has 0 unspecified atom stereocenters. The van der Waals surface area contributed by atoms with Gasteiger partial charge in [0.2, 0.25) is 5.91 Å². The molecule has 0 bridgehead atoms. The molecule has 0 atom stereocenters.